The van der Waals surface area contributed by atoms with E-state index < -0.39 is 0 Å². The first-order valence-electron chi connectivity index (χ1n) is 10.5. The van der Waals surface area contributed by atoms with Crippen molar-refractivity contribution in [3.63, 3.8) is 0 Å². The molecule has 2 aliphatic rings. The Bertz CT molecular complexity index is 1050. The monoisotopic (exact) mass is 406 g/mol. The Morgan fingerprint density at radius 1 is 1.13 bits per heavy atom. The van der Waals surface area contributed by atoms with Crippen LogP contribution in [0.2, 0.25) is 0 Å². The van der Waals surface area contributed by atoms with Crippen LogP contribution in [0.25, 0.3) is 5.82 Å². The minimum atomic E-state index is -0.101. The molecular weight excluding hydrogens is 380 g/mol. The van der Waals surface area contributed by atoms with Crippen LogP contribution in [0, 0.1) is 0 Å². The van der Waals surface area contributed by atoms with Gasteiger partial charge in [-0.1, -0.05) is 18.9 Å². The van der Waals surface area contributed by atoms with E-state index in [-0.39, 0.29) is 11.3 Å². The molecule has 5 rings (SSSR count). The van der Waals surface area contributed by atoms with Crippen LogP contribution in [-0.4, -0.2) is 40.0 Å². The highest BCUT2D eigenvalue weighted by Crippen LogP contribution is 2.43. The van der Waals surface area contributed by atoms with E-state index in [9.17, 15) is 4.79 Å². The predicted octanol–water partition coefficient (Wildman–Crippen LogP) is 3.22. The van der Waals surface area contributed by atoms with Crippen molar-refractivity contribution in [2.75, 3.05) is 19.8 Å². The van der Waals surface area contributed by atoms with Crippen LogP contribution in [-0.2, 0) is 12.5 Å². The van der Waals surface area contributed by atoms with E-state index in [0.29, 0.717) is 25.3 Å². The van der Waals surface area contributed by atoms with Crippen molar-refractivity contribution in [2.24, 2.45) is 7.05 Å². The van der Waals surface area contributed by atoms with Gasteiger partial charge in [-0.15, -0.1) is 0 Å². The molecule has 0 spiro atoms. The molecule has 1 aromatic carbocycles. The van der Waals surface area contributed by atoms with Crippen LogP contribution >= 0.6 is 0 Å². The highest BCUT2D eigenvalue weighted by Gasteiger charge is 2.37. The van der Waals surface area contributed by atoms with Gasteiger partial charge in [-0.2, -0.15) is 5.10 Å². The van der Waals surface area contributed by atoms with Gasteiger partial charge in [0.05, 0.1) is 6.20 Å². The summed E-state index contributed by atoms with van der Waals surface area (Å²) >= 11 is 0. The Morgan fingerprint density at radius 3 is 2.63 bits per heavy atom. The lowest BCUT2D eigenvalue weighted by atomic mass is 9.78. The zero-order valence-corrected chi connectivity index (χ0v) is 17.1. The number of amides is 1. The summed E-state index contributed by atoms with van der Waals surface area (Å²) in [6, 6.07) is 10.1. The SMILES string of the molecule is Cn1ncc(C(=O)NCC2(c3ccc4c(c3)OCCO4)CCCC2)c1-n1cccc1. The van der Waals surface area contributed by atoms with Gasteiger partial charge in [0.1, 0.15) is 24.6 Å². The standard InChI is InChI=1S/C23H26N4O3/c1-26-22(27-10-4-5-11-27)18(15-25-26)21(28)24-16-23(8-2-3-9-23)17-6-7-19-20(14-17)30-13-12-29-19/h4-7,10-11,14-15H,2-3,8-9,12-13,16H2,1H3,(H,24,28). The van der Waals surface area contributed by atoms with Crippen molar-refractivity contribution in [1.29, 1.82) is 0 Å². The molecule has 0 saturated heterocycles. The minimum absolute atomic E-state index is 0.0820. The number of nitrogens with zero attached hydrogens (tertiary/aromatic N) is 3. The Morgan fingerprint density at radius 2 is 1.87 bits per heavy atom. The van der Waals surface area contributed by atoms with Crippen LogP contribution in [0.3, 0.4) is 0 Å². The normalized spacial score (nSPS) is 17.1. The van der Waals surface area contributed by atoms with Crippen molar-refractivity contribution in [2.45, 2.75) is 31.1 Å². The number of carbonyl (C=O) groups excluding carboxylic acids is 1. The van der Waals surface area contributed by atoms with Crippen molar-refractivity contribution in [1.82, 2.24) is 19.7 Å². The highest BCUT2D eigenvalue weighted by molar-refractivity contribution is 5.97. The Labute approximate surface area is 175 Å². The summed E-state index contributed by atoms with van der Waals surface area (Å²) in [6.45, 7) is 1.75. The second-order valence-electron chi connectivity index (χ2n) is 8.12. The molecule has 156 valence electrons. The Hall–Kier alpha value is -3.22. The van der Waals surface area contributed by atoms with E-state index in [2.05, 4.69) is 22.5 Å². The number of carbonyl (C=O) groups is 1. The molecule has 1 aliphatic carbocycles. The molecule has 1 aliphatic heterocycles. The minimum Gasteiger partial charge on any atom is -0.486 e. The largest absolute Gasteiger partial charge is 0.486 e. The number of aromatic nitrogens is 3. The quantitative estimate of drug-likeness (QED) is 0.706. The third-order valence-electron chi connectivity index (χ3n) is 6.30. The number of benzene rings is 1. The van der Waals surface area contributed by atoms with Crippen LogP contribution < -0.4 is 14.8 Å². The summed E-state index contributed by atoms with van der Waals surface area (Å²) in [5.74, 6) is 2.26. The first-order chi connectivity index (χ1) is 14.7. The molecule has 1 fully saturated rings. The second-order valence-corrected chi connectivity index (χ2v) is 8.12. The Kier molecular flexibility index (Phi) is 4.73. The average Bonchev–Trinajstić information content (AvgIpc) is 3.53. The smallest absolute Gasteiger partial charge is 0.256 e. The van der Waals surface area contributed by atoms with E-state index in [0.717, 1.165) is 43.0 Å². The zero-order chi connectivity index (χ0) is 20.6. The molecule has 1 amide bonds. The van der Waals surface area contributed by atoms with E-state index in [1.165, 1.54) is 5.56 Å². The van der Waals surface area contributed by atoms with Gasteiger partial charge in [-0.05, 0) is 42.7 Å². The summed E-state index contributed by atoms with van der Waals surface area (Å²) in [4.78, 5) is 13.1. The number of ether oxygens (including phenoxy) is 2. The number of nitrogens with one attached hydrogen (secondary N) is 1. The second kappa shape index (κ2) is 7.55. The van der Waals surface area contributed by atoms with Crippen molar-refractivity contribution < 1.29 is 14.3 Å². The predicted molar refractivity (Wildman–Crippen MR) is 112 cm³/mol. The highest BCUT2D eigenvalue weighted by atomic mass is 16.6. The molecule has 0 radical (unpaired) electrons. The van der Waals surface area contributed by atoms with Crippen molar-refractivity contribution in [3.8, 4) is 17.3 Å². The maximum atomic E-state index is 13.1. The molecule has 7 nitrogen and oxygen atoms in total. The van der Waals surface area contributed by atoms with E-state index in [1.54, 1.807) is 10.9 Å². The molecule has 3 heterocycles. The number of rotatable bonds is 5. The number of aryl methyl sites for hydroxylation is 1. The van der Waals surface area contributed by atoms with Gasteiger partial charge < -0.3 is 19.4 Å². The van der Waals surface area contributed by atoms with Gasteiger partial charge >= 0.3 is 0 Å². The average molecular weight is 406 g/mol. The first kappa shape index (κ1) is 18.8. The lowest BCUT2D eigenvalue weighted by molar-refractivity contribution is 0.0943. The molecule has 0 bridgehead atoms. The lowest BCUT2D eigenvalue weighted by Gasteiger charge is -2.31. The fourth-order valence-electron chi connectivity index (χ4n) is 4.71. The van der Waals surface area contributed by atoms with Crippen LogP contribution in [0.4, 0.5) is 0 Å². The first-order valence-corrected chi connectivity index (χ1v) is 10.5. The summed E-state index contributed by atoms with van der Waals surface area (Å²) in [6.07, 6.45) is 9.88. The van der Waals surface area contributed by atoms with E-state index >= 15 is 0 Å². The third kappa shape index (κ3) is 3.24. The van der Waals surface area contributed by atoms with E-state index in [1.807, 2.05) is 42.2 Å². The molecule has 2 aromatic heterocycles. The van der Waals surface area contributed by atoms with Gasteiger partial charge in [0.2, 0.25) is 0 Å². The molecule has 7 heteroatoms. The topological polar surface area (TPSA) is 70.3 Å². The molecule has 0 atom stereocenters. The molecular formula is C23H26N4O3. The number of hydrogen-bond donors (Lipinski definition) is 1. The van der Waals surface area contributed by atoms with Crippen LogP contribution in [0.15, 0.2) is 48.9 Å². The molecule has 1 N–H and O–H groups in total. The van der Waals surface area contributed by atoms with Gasteiger partial charge in [-0.25, -0.2) is 0 Å². The van der Waals surface area contributed by atoms with Crippen LogP contribution in [0.5, 0.6) is 11.5 Å². The maximum absolute atomic E-state index is 13.1. The fourth-order valence-corrected chi connectivity index (χ4v) is 4.71. The molecule has 30 heavy (non-hydrogen) atoms. The lowest BCUT2D eigenvalue weighted by Crippen LogP contribution is -2.39. The number of fused-ring (bicyclic) bond motifs is 1. The van der Waals surface area contributed by atoms with E-state index in [4.69, 9.17) is 9.47 Å². The summed E-state index contributed by atoms with van der Waals surface area (Å²) in [5.41, 5.74) is 1.70. The fraction of sp³-hybridized carbons (Fsp3) is 0.391. The zero-order valence-electron chi connectivity index (χ0n) is 17.1. The summed E-state index contributed by atoms with van der Waals surface area (Å²) < 4.78 is 15.1. The van der Waals surface area contributed by atoms with Gasteiger partial charge in [0.25, 0.3) is 5.91 Å². The molecule has 1 saturated carbocycles. The van der Waals surface area contributed by atoms with Crippen molar-refractivity contribution in [3.05, 3.63) is 60.0 Å². The summed E-state index contributed by atoms with van der Waals surface area (Å²) in [7, 11) is 1.85. The number of hydrogen-bond acceptors (Lipinski definition) is 4. The molecule has 0 unspecified atom stereocenters. The maximum Gasteiger partial charge on any atom is 0.256 e. The summed E-state index contributed by atoms with van der Waals surface area (Å²) in [5, 5.41) is 7.50. The van der Waals surface area contributed by atoms with Gasteiger partial charge in [-0.3, -0.25) is 9.48 Å². The van der Waals surface area contributed by atoms with Gasteiger partial charge in [0.15, 0.2) is 11.5 Å². The third-order valence-corrected chi connectivity index (χ3v) is 6.30. The van der Waals surface area contributed by atoms with Crippen molar-refractivity contribution >= 4 is 5.91 Å². The van der Waals surface area contributed by atoms with Gasteiger partial charge in [0, 0.05) is 31.4 Å². The Balaban J connectivity index is 1.39. The van der Waals surface area contributed by atoms with Crippen LogP contribution in [0.1, 0.15) is 41.6 Å². The molecule has 3 aromatic rings.